The zero-order valence-electron chi connectivity index (χ0n) is 15.9. The fourth-order valence-corrected chi connectivity index (χ4v) is 2.36. The molecule has 0 rings (SSSR count). The van der Waals surface area contributed by atoms with Gasteiger partial charge in [0.2, 0.25) is 0 Å². The van der Waals surface area contributed by atoms with Crippen molar-refractivity contribution in [3.8, 4) is 0 Å². The van der Waals surface area contributed by atoms with Crippen LogP contribution in [-0.4, -0.2) is 11.7 Å². The molecule has 0 aliphatic heterocycles. The molecule has 0 aromatic carbocycles. The molecule has 1 N–H and O–H groups in total. The van der Waals surface area contributed by atoms with E-state index in [0.29, 0.717) is 0 Å². The Hall–Kier alpha value is -1.34. The fourth-order valence-electron chi connectivity index (χ4n) is 2.36. The molecule has 0 saturated carbocycles. The fraction of sp³-hybridized carbons (Fsp3) is 0.565. The molecule has 0 bridgehead atoms. The topological polar surface area (TPSA) is 20.2 Å². The van der Waals surface area contributed by atoms with Gasteiger partial charge in [-0.3, -0.25) is 0 Å². The van der Waals surface area contributed by atoms with Crippen molar-refractivity contribution < 1.29 is 5.11 Å². The predicted molar refractivity (Wildman–Crippen MR) is 109 cm³/mol. The quantitative estimate of drug-likeness (QED) is 0.193. The van der Waals surface area contributed by atoms with Crippen LogP contribution < -0.4 is 0 Å². The lowest BCUT2D eigenvalue weighted by molar-refractivity contribution is 0.342. The molecular weight excluding hydrogens is 292 g/mol. The van der Waals surface area contributed by atoms with Crippen LogP contribution in [0.5, 0.6) is 0 Å². The van der Waals surface area contributed by atoms with Crippen molar-refractivity contribution in [3.63, 3.8) is 0 Å². The van der Waals surface area contributed by atoms with Crippen molar-refractivity contribution in [3.05, 3.63) is 60.3 Å². The molecular formula is C23H38O. The predicted octanol–water partition coefficient (Wildman–Crippen LogP) is 7.07. The lowest BCUT2D eigenvalue weighted by Crippen LogP contribution is -1.79. The summed E-state index contributed by atoms with van der Waals surface area (Å²) in [6, 6.07) is 0. The first-order valence-electron chi connectivity index (χ1n) is 9.70. The van der Waals surface area contributed by atoms with Gasteiger partial charge in [0.15, 0.2) is 0 Å². The average molecular weight is 331 g/mol. The van der Waals surface area contributed by atoms with Crippen molar-refractivity contribution in [2.75, 3.05) is 6.61 Å². The van der Waals surface area contributed by atoms with E-state index < -0.39 is 0 Å². The van der Waals surface area contributed by atoms with Crippen molar-refractivity contribution in [1.29, 1.82) is 0 Å². The molecule has 0 heterocycles. The number of aliphatic hydroxyl groups is 1. The second kappa shape index (κ2) is 19.7. The van der Waals surface area contributed by atoms with Crippen LogP contribution >= 0.6 is 0 Å². The maximum atomic E-state index is 8.76. The number of unbranched alkanes of at least 4 members (excludes halogenated alkanes) is 6. The van der Waals surface area contributed by atoms with E-state index in [9.17, 15) is 0 Å². The number of aliphatic hydroxyl groups excluding tert-OH is 1. The first-order valence-corrected chi connectivity index (χ1v) is 9.70. The van der Waals surface area contributed by atoms with Crippen LogP contribution in [0.4, 0.5) is 0 Å². The molecule has 0 aliphatic carbocycles. The highest BCUT2D eigenvalue weighted by atomic mass is 16.2. The second-order valence-electron chi connectivity index (χ2n) is 6.17. The minimum atomic E-state index is 0.136. The van der Waals surface area contributed by atoms with E-state index >= 15 is 0 Å². The van der Waals surface area contributed by atoms with Gasteiger partial charge in [-0.25, -0.2) is 0 Å². The molecule has 0 aromatic heterocycles. The lowest BCUT2D eigenvalue weighted by atomic mass is 10.1. The second-order valence-corrected chi connectivity index (χ2v) is 6.17. The maximum Gasteiger partial charge on any atom is 0.0617 e. The molecule has 136 valence electrons. The minimum absolute atomic E-state index is 0.136. The molecule has 1 nitrogen and oxygen atoms in total. The normalized spacial score (nSPS) is 13.4. The molecule has 0 spiro atoms. The summed E-state index contributed by atoms with van der Waals surface area (Å²) >= 11 is 0. The van der Waals surface area contributed by atoms with E-state index in [4.69, 9.17) is 5.11 Å². The monoisotopic (exact) mass is 330 g/mol. The highest BCUT2D eigenvalue weighted by Gasteiger charge is 1.89. The molecule has 0 aromatic rings. The van der Waals surface area contributed by atoms with E-state index in [1.165, 1.54) is 38.5 Å². The van der Waals surface area contributed by atoms with E-state index in [0.717, 1.165) is 31.3 Å². The van der Waals surface area contributed by atoms with E-state index in [-0.39, 0.29) is 6.61 Å². The van der Waals surface area contributed by atoms with Gasteiger partial charge in [-0.2, -0.15) is 0 Å². The largest absolute Gasteiger partial charge is 0.392 e. The van der Waals surface area contributed by atoms with Crippen molar-refractivity contribution in [2.45, 2.75) is 78.1 Å². The number of rotatable bonds is 15. The van der Waals surface area contributed by atoms with E-state index in [2.05, 4.69) is 55.5 Å². The van der Waals surface area contributed by atoms with Gasteiger partial charge in [-0.05, 0) is 51.9 Å². The van der Waals surface area contributed by atoms with Gasteiger partial charge in [-0.15, -0.1) is 0 Å². The summed E-state index contributed by atoms with van der Waals surface area (Å²) in [5, 5.41) is 8.76. The summed E-state index contributed by atoms with van der Waals surface area (Å²) in [5.41, 5.74) is 1.15. The third-order valence-electron chi connectivity index (χ3n) is 3.82. The first kappa shape index (κ1) is 22.7. The van der Waals surface area contributed by atoms with Crippen LogP contribution in [0.2, 0.25) is 0 Å². The Morgan fingerprint density at radius 2 is 1.25 bits per heavy atom. The Morgan fingerprint density at radius 3 is 1.88 bits per heavy atom. The van der Waals surface area contributed by atoms with Crippen molar-refractivity contribution in [1.82, 2.24) is 0 Å². The maximum absolute atomic E-state index is 8.76. The van der Waals surface area contributed by atoms with Gasteiger partial charge < -0.3 is 5.11 Å². The van der Waals surface area contributed by atoms with Crippen molar-refractivity contribution in [2.24, 2.45) is 0 Å². The molecule has 1 heteroatoms. The SMILES string of the molecule is CC/C=C/C/C=C/C/C=C/CCCCCCC/C=C/C(C)=C/CO. The van der Waals surface area contributed by atoms with Crippen LogP contribution in [-0.2, 0) is 0 Å². The lowest BCUT2D eigenvalue weighted by Gasteiger charge is -1.98. The third kappa shape index (κ3) is 18.7. The van der Waals surface area contributed by atoms with Gasteiger partial charge in [0.1, 0.15) is 0 Å². The first-order chi connectivity index (χ1) is 11.8. The Morgan fingerprint density at radius 1 is 0.708 bits per heavy atom. The zero-order chi connectivity index (χ0) is 17.7. The smallest absolute Gasteiger partial charge is 0.0617 e. The molecule has 0 amide bonds. The highest BCUT2D eigenvalue weighted by Crippen LogP contribution is 2.09. The van der Waals surface area contributed by atoms with Crippen LogP contribution in [0.15, 0.2) is 60.3 Å². The minimum Gasteiger partial charge on any atom is -0.392 e. The van der Waals surface area contributed by atoms with Crippen LogP contribution in [0.3, 0.4) is 0 Å². The summed E-state index contributed by atoms with van der Waals surface area (Å²) in [5.74, 6) is 0. The van der Waals surface area contributed by atoms with Crippen LogP contribution in [0.25, 0.3) is 0 Å². The van der Waals surface area contributed by atoms with E-state index in [1.807, 2.05) is 13.0 Å². The molecule has 0 radical (unpaired) electrons. The molecule has 0 saturated heterocycles. The van der Waals surface area contributed by atoms with Gasteiger partial charge in [-0.1, -0.05) is 86.4 Å². The highest BCUT2D eigenvalue weighted by molar-refractivity contribution is 5.15. The van der Waals surface area contributed by atoms with E-state index in [1.54, 1.807) is 0 Å². The average Bonchev–Trinajstić information content (AvgIpc) is 2.58. The summed E-state index contributed by atoms with van der Waals surface area (Å²) in [6.45, 7) is 4.33. The van der Waals surface area contributed by atoms with Crippen LogP contribution in [0.1, 0.15) is 78.1 Å². The standard InChI is InChI=1S/C23H38O/c1-3-4-5-6-7-8-9-10-11-12-13-14-15-16-17-18-19-20-23(2)21-22-24/h4-5,7-8,10-11,19-21,24H,3,6,9,12-18,22H2,1-2H3/b5-4+,8-7+,11-10+,20-19+,23-21+. The zero-order valence-corrected chi connectivity index (χ0v) is 15.9. The summed E-state index contributed by atoms with van der Waals surface area (Å²) in [7, 11) is 0. The van der Waals surface area contributed by atoms with Gasteiger partial charge in [0, 0.05) is 0 Å². The Labute approximate surface area is 150 Å². The summed E-state index contributed by atoms with van der Waals surface area (Å²) in [6.07, 6.45) is 31.9. The molecule has 0 atom stereocenters. The Balaban J connectivity index is 3.34. The van der Waals surface area contributed by atoms with Gasteiger partial charge >= 0.3 is 0 Å². The van der Waals surface area contributed by atoms with Crippen molar-refractivity contribution >= 4 is 0 Å². The molecule has 0 aliphatic rings. The molecule has 24 heavy (non-hydrogen) atoms. The summed E-state index contributed by atoms with van der Waals surface area (Å²) < 4.78 is 0. The Kier molecular flexibility index (Phi) is 18.6. The number of hydrogen-bond donors (Lipinski definition) is 1. The van der Waals surface area contributed by atoms with Crippen LogP contribution in [0, 0.1) is 0 Å². The molecule has 0 fully saturated rings. The van der Waals surface area contributed by atoms with Gasteiger partial charge in [0.25, 0.3) is 0 Å². The third-order valence-corrected chi connectivity index (χ3v) is 3.82. The summed E-state index contributed by atoms with van der Waals surface area (Å²) in [4.78, 5) is 0. The van der Waals surface area contributed by atoms with Gasteiger partial charge in [0.05, 0.1) is 6.61 Å². The Bertz CT molecular complexity index is 396. The number of allylic oxidation sites excluding steroid dienone is 9. The number of hydrogen-bond acceptors (Lipinski definition) is 1. The molecule has 0 unspecified atom stereocenters.